The predicted molar refractivity (Wildman–Crippen MR) is 90.8 cm³/mol. The predicted octanol–water partition coefficient (Wildman–Crippen LogP) is 1.48. The molecular formula is C17H17ClN4O2. The Morgan fingerprint density at radius 2 is 2.17 bits per heavy atom. The van der Waals surface area contributed by atoms with E-state index >= 15 is 0 Å². The van der Waals surface area contributed by atoms with Crippen molar-refractivity contribution in [1.29, 1.82) is 0 Å². The van der Waals surface area contributed by atoms with Crippen molar-refractivity contribution in [1.82, 2.24) is 15.3 Å². The van der Waals surface area contributed by atoms with Gasteiger partial charge >= 0.3 is 0 Å². The molecule has 2 aromatic rings. The van der Waals surface area contributed by atoms with Gasteiger partial charge in [0.1, 0.15) is 5.82 Å². The molecule has 2 fully saturated rings. The molecule has 0 saturated carbocycles. The summed E-state index contributed by atoms with van der Waals surface area (Å²) in [5.41, 5.74) is 0.351. The molecule has 0 bridgehead atoms. The smallest absolute Gasteiger partial charge is 0.230 e. The molecule has 1 unspecified atom stereocenters. The van der Waals surface area contributed by atoms with Gasteiger partial charge in [0.15, 0.2) is 5.82 Å². The first-order chi connectivity index (χ1) is 11.6. The Kier molecular flexibility index (Phi) is 3.66. The van der Waals surface area contributed by atoms with Crippen molar-refractivity contribution in [3.05, 3.63) is 41.6 Å². The molecule has 4 rings (SSSR count). The number of anilines is 1. The Bertz CT molecular complexity index is 792. The second-order valence-electron chi connectivity index (χ2n) is 6.45. The van der Waals surface area contributed by atoms with Crippen molar-refractivity contribution in [2.24, 2.45) is 5.41 Å². The number of rotatable bonds is 2. The zero-order chi connectivity index (χ0) is 16.7. The van der Waals surface area contributed by atoms with Crippen LogP contribution in [0, 0.1) is 5.41 Å². The van der Waals surface area contributed by atoms with E-state index in [4.69, 9.17) is 11.6 Å². The summed E-state index contributed by atoms with van der Waals surface area (Å²) in [4.78, 5) is 23.1. The number of hydrogen-bond acceptors (Lipinski definition) is 5. The van der Waals surface area contributed by atoms with Gasteiger partial charge < -0.3 is 15.3 Å². The number of aliphatic hydroxyl groups is 1. The van der Waals surface area contributed by atoms with E-state index < -0.39 is 11.5 Å². The fourth-order valence-electron chi connectivity index (χ4n) is 3.42. The highest BCUT2D eigenvalue weighted by atomic mass is 35.5. The maximum absolute atomic E-state index is 12.2. The summed E-state index contributed by atoms with van der Waals surface area (Å²) < 4.78 is 0. The molecule has 0 aliphatic carbocycles. The van der Waals surface area contributed by atoms with Gasteiger partial charge in [0.05, 0.1) is 11.5 Å². The number of amides is 1. The van der Waals surface area contributed by atoms with Gasteiger partial charge in [-0.3, -0.25) is 4.79 Å². The van der Waals surface area contributed by atoms with Crippen LogP contribution in [0.3, 0.4) is 0 Å². The Morgan fingerprint density at radius 3 is 2.96 bits per heavy atom. The molecule has 2 saturated heterocycles. The molecular weight excluding hydrogens is 328 g/mol. The Morgan fingerprint density at radius 1 is 1.33 bits per heavy atom. The first-order valence-corrected chi connectivity index (χ1v) is 8.24. The largest absolute Gasteiger partial charge is 0.391 e. The summed E-state index contributed by atoms with van der Waals surface area (Å²) in [5, 5.41) is 13.2. The van der Waals surface area contributed by atoms with Gasteiger partial charge in [0, 0.05) is 36.4 Å². The molecule has 6 nitrogen and oxygen atoms in total. The Balaban J connectivity index is 1.55. The SMILES string of the molecule is O=C1NCC(O)CC12CN(c1ccnc(-c3cccc(Cl)c3)n1)C2. The molecule has 24 heavy (non-hydrogen) atoms. The van der Waals surface area contributed by atoms with E-state index in [9.17, 15) is 9.90 Å². The van der Waals surface area contributed by atoms with Crippen molar-refractivity contribution >= 4 is 23.3 Å². The zero-order valence-electron chi connectivity index (χ0n) is 12.9. The molecule has 2 N–H and O–H groups in total. The van der Waals surface area contributed by atoms with Crippen molar-refractivity contribution < 1.29 is 9.90 Å². The number of β-amino-alcohol motifs (C(OH)–C–C–N with tert-alkyl or cyclic N) is 1. The summed E-state index contributed by atoms with van der Waals surface area (Å²) >= 11 is 6.03. The number of piperidine rings is 1. The van der Waals surface area contributed by atoms with Gasteiger partial charge in [-0.05, 0) is 24.6 Å². The third-order valence-electron chi connectivity index (χ3n) is 4.64. The lowest BCUT2D eigenvalue weighted by Crippen LogP contribution is -2.67. The van der Waals surface area contributed by atoms with Crippen LogP contribution in [0.5, 0.6) is 0 Å². The number of nitrogens with one attached hydrogen (secondary N) is 1. The average molecular weight is 345 g/mol. The number of carbonyl (C=O) groups is 1. The molecule has 1 spiro atoms. The molecule has 1 aromatic carbocycles. The lowest BCUT2D eigenvalue weighted by Gasteiger charge is -2.52. The van der Waals surface area contributed by atoms with Crippen molar-refractivity contribution in [2.75, 3.05) is 24.5 Å². The molecule has 2 aliphatic rings. The minimum atomic E-state index is -0.501. The third kappa shape index (κ3) is 2.61. The summed E-state index contributed by atoms with van der Waals surface area (Å²) in [6.07, 6.45) is 1.73. The van der Waals surface area contributed by atoms with Gasteiger partial charge in [0.2, 0.25) is 5.91 Å². The monoisotopic (exact) mass is 344 g/mol. The number of aromatic nitrogens is 2. The molecule has 124 valence electrons. The first kappa shape index (κ1) is 15.4. The second-order valence-corrected chi connectivity index (χ2v) is 6.89. The van der Waals surface area contributed by atoms with Gasteiger partial charge in [-0.2, -0.15) is 0 Å². The lowest BCUT2D eigenvalue weighted by molar-refractivity contribution is -0.139. The van der Waals surface area contributed by atoms with Crippen LogP contribution in [0.2, 0.25) is 5.02 Å². The van der Waals surface area contributed by atoms with Crippen LogP contribution in [0.25, 0.3) is 11.4 Å². The maximum atomic E-state index is 12.2. The van der Waals surface area contributed by atoms with E-state index in [0.29, 0.717) is 36.9 Å². The normalized spacial score (nSPS) is 22.2. The van der Waals surface area contributed by atoms with E-state index in [2.05, 4.69) is 15.3 Å². The molecule has 1 aromatic heterocycles. The number of nitrogens with zero attached hydrogens (tertiary/aromatic N) is 3. The van der Waals surface area contributed by atoms with Gasteiger partial charge in [-0.1, -0.05) is 23.7 Å². The highest BCUT2D eigenvalue weighted by molar-refractivity contribution is 6.30. The topological polar surface area (TPSA) is 78.4 Å². The minimum Gasteiger partial charge on any atom is -0.391 e. The molecule has 0 radical (unpaired) electrons. The van der Waals surface area contributed by atoms with Crippen LogP contribution in [-0.2, 0) is 4.79 Å². The standard InChI is InChI=1S/C17H17ClN4O2/c18-12-3-1-2-11(6-12)15-19-5-4-14(21-15)22-9-17(10-22)7-13(23)8-20-16(17)24/h1-6,13,23H,7-10H2,(H,20,24). The summed E-state index contributed by atoms with van der Waals surface area (Å²) in [6, 6.07) is 9.23. The van der Waals surface area contributed by atoms with Crippen LogP contribution >= 0.6 is 11.6 Å². The Hall–Kier alpha value is -2.18. The van der Waals surface area contributed by atoms with Crippen LogP contribution in [0.15, 0.2) is 36.5 Å². The van der Waals surface area contributed by atoms with Gasteiger partial charge in [-0.25, -0.2) is 9.97 Å². The highest BCUT2D eigenvalue weighted by Crippen LogP contribution is 2.39. The second kappa shape index (κ2) is 5.72. The zero-order valence-corrected chi connectivity index (χ0v) is 13.7. The summed E-state index contributed by atoms with van der Waals surface area (Å²) in [7, 11) is 0. The minimum absolute atomic E-state index is 0.0215. The third-order valence-corrected chi connectivity index (χ3v) is 4.88. The van der Waals surface area contributed by atoms with E-state index in [1.165, 1.54) is 0 Å². The number of hydrogen-bond donors (Lipinski definition) is 2. The van der Waals surface area contributed by atoms with Crippen molar-refractivity contribution in [3.63, 3.8) is 0 Å². The fraction of sp³-hybridized carbons (Fsp3) is 0.353. The van der Waals surface area contributed by atoms with E-state index in [0.717, 1.165) is 11.4 Å². The van der Waals surface area contributed by atoms with E-state index in [1.54, 1.807) is 12.3 Å². The summed E-state index contributed by atoms with van der Waals surface area (Å²) in [6.45, 7) is 1.46. The fourth-order valence-corrected chi connectivity index (χ4v) is 3.62. The van der Waals surface area contributed by atoms with Gasteiger partial charge in [0.25, 0.3) is 0 Å². The maximum Gasteiger partial charge on any atom is 0.230 e. The van der Waals surface area contributed by atoms with Crippen LogP contribution < -0.4 is 10.2 Å². The quantitative estimate of drug-likeness (QED) is 0.863. The van der Waals surface area contributed by atoms with Crippen LogP contribution in [0.4, 0.5) is 5.82 Å². The van der Waals surface area contributed by atoms with Gasteiger partial charge in [-0.15, -0.1) is 0 Å². The average Bonchev–Trinajstić information content (AvgIpc) is 2.55. The first-order valence-electron chi connectivity index (χ1n) is 7.86. The molecule has 7 heteroatoms. The number of benzene rings is 1. The van der Waals surface area contributed by atoms with Crippen LogP contribution in [-0.4, -0.2) is 46.7 Å². The van der Waals surface area contributed by atoms with Crippen molar-refractivity contribution in [2.45, 2.75) is 12.5 Å². The lowest BCUT2D eigenvalue weighted by atomic mass is 9.72. The number of aliphatic hydroxyl groups excluding tert-OH is 1. The summed E-state index contributed by atoms with van der Waals surface area (Å²) in [5.74, 6) is 1.40. The van der Waals surface area contributed by atoms with E-state index in [1.807, 2.05) is 29.2 Å². The molecule has 3 heterocycles. The van der Waals surface area contributed by atoms with E-state index in [-0.39, 0.29) is 5.91 Å². The number of halogens is 1. The molecule has 1 amide bonds. The molecule has 2 aliphatic heterocycles. The van der Waals surface area contributed by atoms with Crippen molar-refractivity contribution in [3.8, 4) is 11.4 Å². The Labute approximate surface area is 144 Å². The highest BCUT2D eigenvalue weighted by Gasteiger charge is 2.52. The van der Waals surface area contributed by atoms with Crippen LogP contribution in [0.1, 0.15) is 6.42 Å². The molecule has 1 atom stereocenters. The number of carbonyl (C=O) groups excluding carboxylic acids is 1.